The minimum atomic E-state index is -4.02. The molecule has 1 N–H and O–H groups in total. The third-order valence-electron chi connectivity index (χ3n) is 13.3. The van der Waals surface area contributed by atoms with E-state index in [1.807, 2.05) is 45.2 Å². The second-order valence-corrected chi connectivity index (χ2v) is 21.2. The maximum absolute atomic E-state index is 15.0. The van der Waals surface area contributed by atoms with Crippen molar-refractivity contribution >= 4 is 61.9 Å². The fourth-order valence-corrected chi connectivity index (χ4v) is 10.2. The molecule has 2 aliphatic heterocycles. The number of aryl methyl sites for hydroxylation is 1. The largest absolute Gasteiger partial charge is 0.472 e. The van der Waals surface area contributed by atoms with E-state index < -0.39 is 91.6 Å². The summed E-state index contributed by atoms with van der Waals surface area (Å²) >= 11 is 6.44. The van der Waals surface area contributed by atoms with E-state index >= 15 is 4.79 Å². The Kier molecular flexibility index (Phi) is 11.4. The molecule has 0 spiro atoms. The van der Waals surface area contributed by atoms with Crippen LogP contribution in [0.15, 0.2) is 36.5 Å². The number of ether oxygens (including phenoxy) is 2. The molecule has 326 valence electrons. The van der Waals surface area contributed by atoms with Crippen LogP contribution >= 0.6 is 11.6 Å². The maximum Gasteiger partial charge on any atom is 0.307 e. The van der Waals surface area contributed by atoms with Gasteiger partial charge in [-0.2, -0.15) is 4.98 Å². The predicted molar refractivity (Wildman–Crippen MR) is 220 cm³/mol. The zero-order valence-electron chi connectivity index (χ0n) is 35.1. The van der Waals surface area contributed by atoms with Crippen LogP contribution in [0.1, 0.15) is 105 Å². The van der Waals surface area contributed by atoms with E-state index in [1.165, 1.54) is 4.90 Å². The highest BCUT2D eigenvalue weighted by Crippen LogP contribution is 2.58. The van der Waals surface area contributed by atoms with Gasteiger partial charge in [0.15, 0.2) is 11.4 Å². The Bertz CT molecular complexity index is 2380. The summed E-state index contributed by atoms with van der Waals surface area (Å²) in [7, 11) is -4.02. The van der Waals surface area contributed by atoms with Gasteiger partial charge in [-0.1, -0.05) is 37.6 Å². The molecule has 3 fully saturated rings. The molecule has 13 nitrogen and oxygen atoms in total. The first-order valence-electron chi connectivity index (χ1n) is 20.7. The fourth-order valence-electron chi connectivity index (χ4n) is 8.71. The maximum atomic E-state index is 15.0. The number of fused-ring (bicyclic) bond motifs is 5. The molecule has 2 saturated carbocycles. The number of nitrogens with zero attached hydrogens (tertiary/aromatic N) is 4. The van der Waals surface area contributed by atoms with Crippen LogP contribution < -0.4 is 9.46 Å². The molecule has 2 aromatic heterocycles. The molecule has 0 unspecified atom stereocenters. The summed E-state index contributed by atoms with van der Waals surface area (Å²) in [6, 6.07) is 4.09. The molecule has 17 heteroatoms. The van der Waals surface area contributed by atoms with Crippen molar-refractivity contribution < 1.29 is 45.9 Å². The lowest BCUT2D eigenvalue weighted by molar-refractivity contribution is -0.197. The normalized spacial score (nSPS) is 29.3. The van der Waals surface area contributed by atoms with E-state index in [0.29, 0.717) is 66.4 Å². The number of halogens is 3. The summed E-state index contributed by atoms with van der Waals surface area (Å²) in [5.41, 5.74) is -2.11. The second kappa shape index (κ2) is 15.6. The topological polar surface area (TPSA) is 166 Å². The minimum absolute atomic E-state index is 0.0153. The number of Topliss-reactive ketones (excluding diaryl/α,β-unsaturated/α-hetero) is 1. The highest BCUT2D eigenvalue weighted by molar-refractivity contribution is 7.91. The molecule has 7 atom stereocenters. The van der Waals surface area contributed by atoms with Crippen LogP contribution in [0.3, 0.4) is 0 Å². The van der Waals surface area contributed by atoms with Gasteiger partial charge in [0.1, 0.15) is 6.10 Å². The third kappa shape index (κ3) is 8.51. The Morgan fingerprint density at radius 2 is 1.82 bits per heavy atom. The van der Waals surface area contributed by atoms with Crippen molar-refractivity contribution in [1.82, 2.24) is 24.0 Å². The van der Waals surface area contributed by atoms with Crippen LogP contribution in [0.2, 0.25) is 5.02 Å². The van der Waals surface area contributed by atoms with E-state index in [0.717, 1.165) is 13.8 Å². The number of alkyl halides is 2. The Labute approximate surface area is 354 Å². The van der Waals surface area contributed by atoms with Gasteiger partial charge in [0.05, 0.1) is 51.7 Å². The molecule has 2 aliphatic carbocycles. The Balaban J connectivity index is 1.26. The number of aromatic nitrogens is 3. The van der Waals surface area contributed by atoms with Gasteiger partial charge in [-0.3, -0.25) is 28.3 Å². The summed E-state index contributed by atoms with van der Waals surface area (Å²) in [6.45, 7) is 10.0. The molecule has 1 aromatic carbocycles. The van der Waals surface area contributed by atoms with Crippen LogP contribution in [0.25, 0.3) is 16.7 Å². The molecule has 3 aromatic rings. The number of allylic oxidation sites excluding steroid dienone is 2. The van der Waals surface area contributed by atoms with Gasteiger partial charge in [-0.05, 0) is 102 Å². The number of carbonyl (C=O) groups excluding carboxylic acids is 4. The van der Waals surface area contributed by atoms with E-state index in [1.54, 1.807) is 23.5 Å². The molecule has 7 rings (SSSR count). The van der Waals surface area contributed by atoms with Crippen molar-refractivity contribution in [3.8, 4) is 5.88 Å². The van der Waals surface area contributed by atoms with Crippen LogP contribution in [-0.4, -0.2) is 86.2 Å². The van der Waals surface area contributed by atoms with Crippen molar-refractivity contribution in [2.45, 2.75) is 135 Å². The van der Waals surface area contributed by atoms with Gasteiger partial charge in [0, 0.05) is 31.0 Å². The van der Waals surface area contributed by atoms with Gasteiger partial charge >= 0.3 is 5.97 Å². The van der Waals surface area contributed by atoms with Crippen molar-refractivity contribution in [2.24, 2.45) is 29.1 Å². The molecule has 0 radical (unpaired) electrons. The van der Waals surface area contributed by atoms with Crippen LogP contribution in [0.5, 0.6) is 5.88 Å². The quantitative estimate of drug-likeness (QED) is 0.172. The molecular weight excluding hydrogens is 820 g/mol. The lowest BCUT2D eigenvalue weighted by atomic mass is 9.82. The average Bonchev–Trinajstić information content (AvgIpc) is 3.96. The summed E-state index contributed by atoms with van der Waals surface area (Å²) in [4.78, 5) is 67.9. The third-order valence-corrected chi connectivity index (χ3v) is 15.7. The first-order valence-corrected chi connectivity index (χ1v) is 22.6. The number of nitrogens with one attached hydrogen (secondary N) is 1. The number of ketones is 1. The standard InChI is InChI=1S/C43H54ClF2N5O8S/c1-24-10-8-9-11-27-20-43(27,38(55)49-60(56,57)41(6)14-15-41)21-34(52)33-18-29(58-36-31-17-28(44)12-13-32(31)51-22-26(3)47-39(51)48-36)23-50(33)37(54)30(25(2)16-24)19-35(53)59-40(4,5)42(7,45)46/h9,11-13,17,22,24-25,27,29-30,33H,8,10,14-16,18-21,23H2,1-7H3,(H,49,55)/b11-9-/t24-,25+,27+,29+,30-,33-,43+/m0/s1. The fraction of sp³-hybridized carbons (Fsp3) is 0.628. The minimum Gasteiger partial charge on any atom is -0.472 e. The SMILES string of the molecule is Cc1cn2c(n1)nc(O[C@@H]1C[C@H]3C(=O)C[C@]4(C(=O)NS(=O)(=O)C5(C)CC5)C[C@H]4/C=C\CC[C@H](C)C[C@@H](C)[C@H](CC(=O)OC(C)(C)C(C)(F)F)C(=O)N3C1)c1cc(Cl)ccc12. The lowest BCUT2D eigenvalue weighted by Crippen LogP contribution is -2.49. The Hall–Kier alpha value is -4.18. The van der Waals surface area contributed by atoms with Gasteiger partial charge in [-0.25, -0.2) is 22.2 Å². The van der Waals surface area contributed by atoms with Crippen molar-refractivity contribution in [2.75, 3.05) is 6.54 Å². The van der Waals surface area contributed by atoms with Gasteiger partial charge in [0.2, 0.25) is 33.5 Å². The summed E-state index contributed by atoms with van der Waals surface area (Å²) in [6.07, 6.45) is 6.86. The number of carbonyl (C=O) groups is 4. The van der Waals surface area contributed by atoms with Crippen molar-refractivity contribution in [3.05, 3.63) is 47.3 Å². The molecule has 0 bridgehead atoms. The molecule has 2 amide bonds. The van der Waals surface area contributed by atoms with Gasteiger partial charge in [-0.15, -0.1) is 0 Å². The number of amides is 2. The van der Waals surface area contributed by atoms with E-state index in [9.17, 15) is 31.6 Å². The van der Waals surface area contributed by atoms with Crippen LogP contribution in [0, 0.1) is 36.0 Å². The predicted octanol–water partition coefficient (Wildman–Crippen LogP) is 7.15. The zero-order chi connectivity index (χ0) is 43.7. The molecule has 1 saturated heterocycles. The Morgan fingerprint density at radius 1 is 1.10 bits per heavy atom. The van der Waals surface area contributed by atoms with E-state index in [2.05, 4.69) is 14.7 Å². The number of esters is 1. The molecule has 60 heavy (non-hydrogen) atoms. The van der Waals surface area contributed by atoms with Crippen molar-refractivity contribution in [1.29, 1.82) is 0 Å². The Morgan fingerprint density at radius 3 is 2.50 bits per heavy atom. The monoisotopic (exact) mass is 873 g/mol. The highest BCUT2D eigenvalue weighted by atomic mass is 35.5. The van der Waals surface area contributed by atoms with E-state index in [-0.39, 0.29) is 37.6 Å². The molecule has 4 aliphatic rings. The number of benzene rings is 1. The highest BCUT2D eigenvalue weighted by Gasteiger charge is 2.63. The summed E-state index contributed by atoms with van der Waals surface area (Å²) < 4.78 is 70.5. The summed E-state index contributed by atoms with van der Waals surface area (Å²) in [5, 5.41) is 0.980. The number of hydrogen-bond donors (Lipinski definition) is 1. The first kappa shape index (κ1) is 43.9. The van der Waals surface area contributed by atoms with E-state index in [4.69, 9.17) is 21.1 Å². The van der Waals surface area contributed by atoms with Gasteiger partial charge < -0.3 is 14.4 Å². The number of imidazole rings is 1. The van der Waals surface area contributed by atoms with Crippen molar-refractivity contribution in [3.63, 3.8) is 0 Å². The number of hydrogen-bond acceptors (Lipinski definition) is 10. The second-order valence-electron chi connectivity index (χ2n) is 18.6. The summed E-state index contributed by atoms with van der Waals surface area (Å²) in [5.74, 6) is -7.45. The van der Waals surface area contributed by atoms with Crippen LogP contribution in [-0.2, 0) is 33.9 Å². The van der Waals surface area contributed by atoms with Gasteiger partial charge in [0.25, 0.3) is 5.92 Å². The lowest BCUT2D eigenvalue weighted by Gasteiger charge is -2.34. The first-order chi connectivity index (χ1) is 27.9. The molecular formula is C43H54ClF2N5O8S. The number of sulfonamides is 1. The average molecular weight is 874 g/mol. The van der Waals surface area contributed by atoms with Crippen LogP contribution in [0.4, 0.5) is 8.78 Å². The number of rotatable bonds is 9. The smallest absolute Gasteiger partial charge is 0.307 e. The zero-order valence-corrected chi connectivity index (χ0v) is 36.7. The molecule has 4 heterocycles.